The highest BCUT2D eigenvalue weighted by Gasteiger charge is 2.06. The topological polar surface area (TPSA) is 47.6 Å². The van der Waals surface area contributed by atoms with Crippen molar-refractivity contribution in [2.75, 3.05) is 0 Å². The number of hydrogen-bond donors (Lipinski definition) is 0. The van der Waals surface area contributed by atoms with Crippen LogP contribution in [-0.2, 0) is 0 Å². The van der Waals surface area contributed by atoms with Crippen molar-refractivity contribution in [3.05, 3.63) is 65.2 Å². The summed E-state index contributed by atoms with van der Waals surface area (Å²) in [7, 11) is 0. The maximum atomic E-state index is 13.6. The Morgan fingerprint density at radius 1 is 0.950 bits per heavy atom. The Morgan fingerprint density at radius 3 is 2.15 bits per heavy atom. The van der Waals surface area contributed by atoms with Gasteiger partial charge in [-0.1, -0.05) is 24.3 Å². The van der Waals surface area contributed by atoms with Gasteiger partial charge in [0.1, 0.15) is 29.3 Å². The van der Waals surface area contributed by atoms with E-state index in [1.54, 1.807) is 36.4 Å². The molecule has 0 atom stereocenters. The van der Waals surface area contributed by atoms with Crippen molar-refractivity contribution in [3.8, 4) is 23.3 Å². The van der Waals surface area contributed by atoms with Gasteiger partial charge in [-0.2, -0.15) is 10.5 Å². The van der Waals surface area contributed by atoms with Gasteiger partial charge in [0, 0.05) is 11.6 Å². The molecule has 20 heavy (non-hydrogen) atoms. The van der Waals surface area contributed by atoms with Crippen molar-refractivity contribution in [2.45, 2.75) is 0 Å². The molecule has 0 N–H and O–H groups in total. The molecule has 2 rings (SSSR count). The first-order valence-electron chi connectivity index (χ1n) is 5.71. The molecule has 0 aromatic heterocycles. The third-order valence-electron chi connectivity index (χ3n) is 2.70. The van der Waals surface area contributed by atoms with Crippen LogP contribution in [0, 0.1) is 34.3 Å². The Labute approximate surface area is 114 Å². The molecule has 0 fully saturated rings. The monoisotopic (exact) mass is 266 g/mol. The minimum absolute atomic E-state index is 0.00860. The maximum absolute atomic E-state index is 13.6. The number of nitriles is 2. The summed E-state index contributed by atoms with van der Waals surface area (Å²) in [6.07, 6.45) is 1.44. The number of rotatable bonds is 2. The Hall–Kier alpha value is -2.98. The zero-order chi connectivity index (χ0) is 14.5. The van der Waals surface area contributed by atoms with Crippen LogP contribution in [-0.4, -0.2) is 0 Å². The number of benzene rings is 2. The number of halogens is 2. The van der Waals surface area contributed by atoms with Gasteiger partial charge in [-0.15, -0.1) is 0 Å². The molecule has 0 unspecified atom stereocenters. The molecule has 0 amide bonds. The van der Waals surface area contributed by atoms with Crippen LogP contribution in [0.1, 0.15) is 5.56 Å². The quantitative estimate of drug-likeness (QED) is 0.769. The Balaban J connectivity index is 2.36. The molecule has 0 heterocycles. The van der Waals surface area contributed by atoms with Crippen LogP contribution in [0.5, 0.6) is 0 Å². The molecule has 0 bridgehead atoms. The highest BCUT2D eigenvalue weighted by Crippen LogP contribution is 2.24. The van der Waals surface area contributed by atoms with Crippen LogP contribution in [0.15, 0.2) is 48.0 Å². The summed E-state index contributed by atoms with van der Waals surface area (Å²) >= 11 is 0. The van der Waals surface area contributed by atoms with Gasteiger partial charge in [0.15, 0.2) is 0 Å². The lowest BCUT2D eigenvalue weighted by Crippen LogP contribution is -1.86. The molecule has 0 radical (unpaired) electrons. The number of hydrogen-bond acceptors (Lipinski definition) is 2. The van der Waals surface area contributed by atoms with Crippen molar-refractivity contribution in [3.63, 3.8) is 0 Å². The molecular weight excluding hydrogens is 258 g/mol. The van der Waals surface area contributed by atoms with E-state index in [2.05, 4.69) is 0 Å². The highest BCUT2D eigenvalue weighted by molar-refractivity contribution is 5.68. The fraction of sp³-hybridized carbons (Fsp3) is 0. The lowest BCUT2D eigenvalue weighted by Gasteiger charge is -2.04. The zero-order valence-electron chi connectivity index (χ0n) is 10.3. The van der Waals surface area contributed by atoms with Gasteiger partial charge in [0.2, 0.25) is 0 Å². The molecule has 2 aromatic carbocycles. The van der Waals surface area contributed by atoms with E-state index >= 15 is 0 Å². The molecule has 2 aromatic rings. The first-order valence-corrected chi connectivity index (χ1v) is 5.71. The van der Waals surface area contributed by atoms with E-state index in [0.29, 0.717) is 16.7 Å². The van der Waals surface area contributed by atoms with E-state index in [4.69, 9.17) is 10.5 Å². The van der Waals surface area contributed by atoms with Gasteiger partial charge in [-0.05, 0) is 29.3 Å². The normalized spacial score (nSPS) is 9.40. The van der Waals surface area contributed by atoms with Crippen LogP contribution in [0.25, 0.3) is 17.2 Å². The minimum atomic E-state index is -0.636. The Kier molecular flexibility index (Phi) is 3.88. The van der Waals surface area contributed by atoms with E-state index in [9.17, 15) is 8.78 Å². The molecule has 0 saturated carbocycles. The molecule has 4 heteroatoms. The van der Waals surface area contributed by atoms with Crippen molar-refractivity contribution < 1.29 is 8.78 Å². The SMILES string of the molecule is N#CC(C#N)=Cc1ccc(-c2ccc(F)cc2F)cc1. The largest absolute Gasteiger partial charge is 0.207 e. The second-order valence-electron chi connectivity index (χ2n) is 4.03. The van der Waals surface area contributed by atoms with E-state index in [1.807, 2.05) is 0 Å². The summed E-state index contributed by atoms with van der Waals surface area (Å²) in [5.74, 6) is -1.26. The lowest BCUT2D eigenvalue weighted by atomic mass is 10.0. The van der Waals surface area contributed by atoms with Gasteiger partial charge >= 0.3 is 0 Å². The average molecular weight is 266 g/mol. The third-order valence-corrected chi connectivity index (χ3v) is 2.70. The van der Waals surface area contributed by atoms with Crippen molar-refractivity contribution in [1.29, 1.82) is 10.5 Å². The van der Waals surface area contributed by atoms with Gasteiger partial charge in [-0.25, -0.2) is 8.78 Å². The van der Waals surface area contributed by atoms with E-state index < -0.39 is 11.6 Å². The highest BCUT2D eigenvalue weighted by atomic mass is 19.1. The van der Waals surface area contributed by atoms with Crippen LogP contribution in [0.3, 0.4) is 0 Å². The molecule has 0 saturated heterocycles. The van der Waals surface area contributed by atoms with Crippen molar-refractivity contribution in [1.82, 2.24) is 0 Å². The van der Waals surface area contributed by atoms with Gasteiger partial charge in [0.25, 0.3) is 0 Å². The van der Waals surface area contributed by atoms with Gasteiger partial charge < -0.3 is 0 Å². The predicted octanol–water partition coefficient (Wildman–Crippen LogP) is 4.06. The number of allylic oxidation sites excluding steroid dienone is 1. The van der Waals surface area contributed by atoms with E-state index in [0.717, 1.165) is 6.07 Å². The summed E-state index contributed by atoms with van der Waals surface area (Å²) < 4.78 is 26.5. The van der Waals surface area contributed by atoms with Crippen LogP contribution in [0.2, 0.25) is 0 Å². The molecule has 96 valence electrons. The summed E-state index contributed by atoms with van der Waals surface area (Å²) in [4.78, 5) is 0. The van der Waals surface area contributed by atoms with Crippen LogP contribution < -0.4 is 0 Å². The lowest BCUT2D eigenvalue weighted by molar-refractivity contribution is 0.585. The van der Waals surface area contributed by atoms with Crippen molar-refractivity contribution >= 4 is 6.08 Å². The standard InChI is InChI=1S/C16H8F2N2/c17-14-5-6-15(16(18)8-14)13-3-1-11(2-4-13)7-12(9-19)10-20/h1-8H. The molecule has 0 aliphatic carbocycles. The summed E-state index contributed by atoms with van der Waals surface area (Å²) in [5, 5.41) is 17.3. The van der Waals surface area contributed by atoms with Crippen LogP contribution >= 0.6 is 0 Å². The Morgan fingerprint density at radius 2 is 1.60 bits per heavy atom. The minimum Gasteiger partial charge on any atom is -0.207 e. The maximum Gasteiger partial charge on any atom is 0.133 e. The summed E-state index contributed by atoms with van der Waals surface area (Å²) in [6.45, 7) is 0. The fourth-order valence-corrected chi connectivity index (χ4v) is 1.74. The molecule has 0 aliphatic rings. The smallest absolute Gasteiger partial charge is 0.133 e. The summed E-state index contributed by atoms with van der Waals surface area (Å²) in [5.41, 5.74) is 1.54. The van der Waals surface area contributed by atoms with Crippen molar-refractivity contribution in [2.24, 2.45) is 0 Å². The average Bonchev–Trinajstić information content (AvgIpc) is 2.46. The van der Waals surface area contributed by atoms with Gasteiger partial charge in [-0.3, -0.25) is 0 Å². The first kappa shape index (κ1) is 13.5. The van der Waals surface area contributed by atoms with Gasteiger partial charge in [0.05, 0.1) is 0 Å². The molecule has 0 spiro atoms. The second-order valence-corrected chi connectivity index (χ2v) is 4.03. The zero-order valence-corrected chi connectivity index (χ0v) is 10.3. The first-order chi connectivity index (χ1) is 9.63. The number of nitrogens with zero attached hydrogens (tertiary/aromatic N) is 2. The van der Waals surface area contributed by atoms with Crippen LogP contribution in [0.4, 0.5) is 8.78 Å². The molecule has 2 nitrogen and oxygen atoms in total. The molecular formula is C16H8F2N2. The molecule has 0 aliphatic heterocycles. The third kappa shape index (κ3) is 2.88. The van der Waals surface area contributed by atoms with E-state index in [1.165, 1.54) is 18.2 Å². The second kappa shape index (κ2) is 5.77. The van der Waals surface area contributed by atoms with E-state index in [-0.39, 0.29) is 5.57 Å². The summed E-state index contributed by atoms with van der Waals surface area (Å²) in [6, 6.07) is 13.5. The fourth-order valence-electron chi connectivity index (χ4n) is 1.74. The Bertz CT molecular complexity index is 732. The predicted molar refractivity (Wildman–Crippen MR) is 71.0 cm³/mol.